The second-order valence-electron chi connectivity index (χ2n) is 4.20. The molecule has 0 saturated carbocycles. The van der Waals surface area contributed by atoms with Crippen molar-refractivity contribution in [3.8, 4) is 0 Å². The lowest BCUT2D eigenvalue weighted by Gasteiger charge is -2.16. The molecule has 16 heavy (non-hydrogen) atoms. The number of aryl methyl sites for hydroxylation is 2. The highest BCUT2D eigenvalue weighted by Crippen LogP contribution is 2.10. The first-order chi connectivity index (χ1) is 7.45. The van der Waals surface area contributed by atoms with E-state index in [0.29, 0.717) is 5.82 Å². The molecule has 0 spiro atoms. The molecule has 2 atom stereocenters. The van der Waals surface area contributed by atoms with Gasteiger partial charge in [0.15, 0.2) is 5.82 Å². The summed E-state index contributed by atoms with van der Waals surface area (Å²) in [7, 11) is 1.83. The van der Waals surface area contributed by atoms with Gasteiger partial charge in [-0.1, -0.05) is 20.3 Å². The third-order valence-corrected chi connectivity index (χ3v) is 2.92. The van der Waals surface area contributed by atoms with E-state index in [9.17, 15) is 4.79 Å². The Labute approximate surface area is 96.0 Å². The molecule has 0 aliphatic heterocycles. The molecular formula is C11H20N4O. The fourth-order valence-electron chi connectivity index (χ4n) is 1.34. The van der Waals surface area contributed by atoms with Crippen LogP contribution in [0.25, 0.3) is 0 Å². The van der Waals surface area contributed by atoms with Gasteiger partial charge in [0.25, 0.3) is 0 Å². The summed E-state index contributed by atoms with van der Waals surface area (Å²) in [4.78, 5) is 11.7. The quantitative estimate of drug-likeness (QED) is 0.802. The van der Waals surface area contributed by atoms with Crippen LogP contribution in [0.5, 0.6) is 0 Å². The first-order valence-corrected chi connectivity index (χ1v) is 5.52. The predicted octanol–water partition coefficient (Wildman–Crippen LogP) is 1.04. The summed E-state index contributed by atoms with van der Waals surface area (Å²) in [6, 6.07) is 1.34. The van der Waals surface area contributed by atoms with Crippen LogP contribution in [-0.2, 0) is 11.8 Å². The molecule has 0 radical (unpaired) electrons. The van der Waals surface area contributed by atoms with Crippen LogP contribution in [0, 0.1) is 12.8 Å². The second kappa shape index (κ2) is 5.12. The Morgan fingerprint density at radius 3 is 2.75 bits per heavy atom. The first-order valence-electron chi connectivity index (χ1n) is 5.52. The number of hydrogen-bond donors (Lipinski definition) is 2. The van der Waals surface area contributed by atoms with Crippen LogP contribution >= 0.6 is 0 Å². The van der Waals surface area contributed by atoms with Crippen molar-refractivity contribution in [3.63, 3.8) is 0 Å². The van der Waals surface area contributed by atoms with Gasteiger partial charge in [-0.25, -0.2) is 0 Å². The van der Waals surface area contributed by atoms with Gasteiger partial charge in [-0.3, -0.25) is 9.48 Å². The smallest absolute Gasteiger partial charge is 0.242 e. The highest BCUT2D eigenvalue weighted by Gasteiger charge is 2.20. The lowest BCUT2D eigenvalue weighted by molar-refractivity contribution is -0.118. The number of hydrogen-bond acceptors (Lipinski definition) is 3. The third-order valence-electron chi connectivity index (χ3n) is 2.92. The van der Waals surface area contributed by atoms with Crippen LogP contribution < -0.4 is 11.1 Å². The summed E-state index contributed by atoms with van der Waals surface area (Å²) in [5.74, 6) is 0.556. The molecule has 0 fully saturated rings. The van der Waals surface area contributed by atoms with Crippen molar-refractivity contribution in [2.45, 2.75) is 33.2 Å². The average Bonchev–Trinajstić information content (AvgIpc) is 2.55. The molecule has 1 amide bonds. The van der Waals surface area contributed by atoms with E-state index < -0.39 is 6.04 Å². The molecule has 3 N–H and O–H groups in total. The van der Waals surface area contributed by atoms with Crippen molar-refractivity contribution < 1.29 is 4.79 Å². The largest absolute Gasteiger partial charge is 0.320 e. The average molecular weight is 224 g/mol. The van der Waals surface area contributed by atoms with Crippen LogP contribution in [0.3, 0.4) is 0 Å². The Hall–Kier alpha value is -1.36. The minimum atomic E-state index is -0.479. The Bertz CT molecular complexity index is 353. The van der Waals surface area contributed by atoms with E-state index in [-0.39, 0.29) is 11.8 Å². The Kier molecular flexibility index (Phi) is 4.06. The van der Waals surface area contributed by atoms with E-state index >= 15 is 0 Å². The summed E-state index contributed by atoms with van der Waals surface area (Å²) in [5, 5.41) is 6.87. The predicted molar refractivity (Wildman–Crippen MR) is 64.0 cm³/mol. The molecule has 0 aliphatic carbocycles. The van der Waals surface area contributed by atoms with Gasteiger partial charge >= 0.3 is 0 Å². The van der Waals surface area contributed by atoms with Gasteiger partial charge in [0, 0.05) is 18.8 Å². The summed E-state index contributed by atoms with van der Waals surface area (Å²) in [6.45, 7) is 5.91. The fraction of sp³-hybridized carbons (Fsp3) is 0.636. The van der Waals surface area contributed by atoms with E-state index in [1.165, 1.54) is 0 Å². The topological polar surface area (TPSA) is 72.9 Å². The van der Waals surface area contributed by atoms with Crippen LogP contribution in [0.1, 0.15) is 26.0 Å². The SMILES string of the molecule is CC[C@H](C)[C@H](N)C(=O)Nc1cc(C)n(C)n1. The summed E-state index contributed by atoms with van der Waals surface area (Å²) >= 11 is 0. The van der Waals surface area contributed by atoms with Gasteiger partial charge in [-0.15, -0.1) is 0 Å². The molecule has 5 nitrogen and oxygen atoms in total. The van der Waals surface area contributed by atoms with Crippen LogP contribution in [-0.4, -0.2) is 21.7 Å². The highest BCUT2D eigenvalue weighted by molar-refractivity contribution is 5.94. The van der Waals surface area contributed by atoms with E-state index in [1.807, 2.05) is 33.9 Å². The number of rotatable bonds is 4. The van der Waals surface area contributed by atoms with E-state index in [2.05, 4.69) is 10.4 Å². The molecule has 0 unspecified atom stereocenters. The molecule has 0 aliphatic rings. The molecule has 1 heterocycles. The third kappa shape index (κ3) is 2.82. The van der Waals surface area contributed by atoms with Crippen molar-refractivity contribution in [3.05, 3.63) is 11.8 Å². The van der Waals surface area contributed by atoms with Crippen LogP contribution in [0.4, 0.5) is 5.82 Å². The zero-order chi connectivity index (χ0) is 12.3. The normalized spacial score (nSPS) is 14.6. The number of amides is 1. The van der Waals surface area contributed by atoms with Gasteiger partial charge in [0.2, 0.25) is 5.91 Å². The molecule has 1 aromatic rings. The number of aromatic nitrogens is 2. The lowest BCUT2D eigenvalue weighted by atomic mass is 9.99. The van der Waals surface area contributed by atoms with Crippen molar-refractivity contribution in [1.82, 2.24) is 9.78 Å². The minimum absolute atomic E-state index is 0.171. The van der Waals surface area contributed by atoms with Gasteiger partial charge < -0.3 is 11.1 Å². The lowest BCUT2D eigenvalue weighted by Crippen LogP contribution is -2.40. The first kappa shape index (κ1) is 12.7. The van der Waals surface area contributed by atoms with E-state index in [1.54, 1.807) is 4.68 Å². The zero-order valence-electron chi connectivity index (χ0n) is 10.3. The van der Waals surface area contributed by atoms with Gasteiger partial charge in [-0.2, -0.15) is 5.10 Å². The van der Waals surface area contributed by atoms with E-state index in [0.717, 1.165) is 12.1 Å². The van der Waals surface area contributed by atoms with Gasteiger partial charge in [0.1, 0.15) is 0 Å². The van der Waals surface area contributed by atoms with E-state index in [4.69, 9.17) is 5.73 Å². The van der Waals surface area contributed by atoms with Crippen LogP contribution in [0.15, 0.2) is 6.07 Å². The summed E-state index contributed by atoms with van der Waals surface area (Å²) in [6.07, 6.45) is 0.885. The van der Waals surface area contributed by atoms with Gasteiger partial charge in [0.05, 0.1) is 6.04 Å². The Morgan fingerprint density at radius 2 is 2.31 bits per heavy atom. The Morgan fingerprint density at radius 1 is 1.69 bits per heavy atom. The number of nitrogens with zero attached hydrogens (tertiary/aromatic N) is 2. The summed E-state index contributed by atoms with van der Waals surface area (Å²) < 4.78 is 1.71. The van der Waals surface area contributed by atoms with Crippen molar-refractivity contribution >= 4 is 11.7 Å². The summed E-state index contributed by atoms with van der Waals surface area (Å²) in [5.41, 5.74) is 6.81. The molecule has 0 bridgehead atoms. The highest BCUT2D eigenvalue weighted by atomic mass is 16.2. The molecule has 90 valence electrons. The maximum atomic E-state index is 11.7. The molecule has 0 saturated heterocycles. The number of carbonyl (C=O) groups excluding carboxylic acids is 1. The zero-order valence-corrected chi connectivity index (χ0v) is 10.3. The maximum absolute atomic E-state index is 11.7. The number of nitrogens with two attached hydrogens (primary N) is 1. The number of carbonyl (C=O) groups is 1. The molecular weight excluding hydrogens is 204 g/mol. The van der Waals surface area contributed by atoms with Crippen molar-refractivity contribution in [2.24, 2.45) is 18.7 Å². The molecule has 0 aromatic carbocycles. The molecule has 1 rings (SSSR count). The Balaban J connectivity index is 2.64. The standard InChI is InChI=1S/C11H20N4O/c1-5-7(2)10(12)11(16)13-9-6-8(3)15(4)14-9/h6-7,10H,5,12H2,1-4H3,(H,13,14,16)/t7-,10-/m0/s1. The fourth-order valence-corrected chi connectivity index (χ4v) is 1.34. The number of nitrogens with one attached hydrogen (secondary N) is 1. The number of anilines is 1. The maximum Gasteiger partial charge on any atom is 0.242 e. The van der Waals surface area contributed by atoms with Crippen molar-refractivity contribution in [1.29, 1.82) is 0 Å². The van der Waals surface area contributed by atoms with Crippen molar-refractivity contribution in [2.75, 3.05) is 5.32 Å². The minimum Gasteiger partial charge on any atom is -0.320 e. The molecule has 1 aromatic heterocycles. The second-order valence-corrected chi connectivity index (χ2v) is 4.20. The van der Waals surface area contributed by atoms with Gasteiger partial charge in [-0.05, 0) is 12.8 Å². The van der Waals surface area contributed by atoms with Crippen LogP contribution in [0.2, 0.25) is 0 Å². The molecule has 5 heteroatoms. The monoisotopic (exact) mass is 224 g/mol.